The van der Waals surface area contributed by atoms with Crippen LogP contribution >= 0.6 is 23.2 Å². The van der Waals surface area contributed by atoms with E-state index in [0.29, 0.717) is 27.0 Å². The van der Waals surface area contributed by atoms with Gasteiger partial charge in [-0.2, -0.15) is 0 Å². The predicted molar refractivity (Wildman–Crippen MR) is 83.5 cm³/mol. The minimum Gasteiger partial charge on any atom is -0.495 e. The molecule has 2 N–H and O–H groups in total. The maximum atomic E-state index is 11.5. The third-order valence-corrected chi connectivity index (χ3v) is 3.42. The van der Waals surface area contributed by atoms with Crippen molar-refractivity contribution in [1.29, 1.82) is 0 Å². The van der Waals surface area contributed by atoms with Crippen molar-refractivity contribution in [3.63, 3.8) is 0 Å². The maximum Gasteiger partial charge on any atom is 0.330 e. The number of methoxy groups -OCH3 is 1. The molecule has 4 nitrogen and oxygen atoms in total. The summed E-state index contributed by atoms with van der Waals surface area (Å²) in [6, 6.07) is 10.8. The van der Waals surface area contributed by atoms with Gasteiger partial charge in [0, 0.05) is 10.7 Å². The fourth-order valence-corrected chi connectivity index (χ4v) is 2.35. The number of carboxylic acids is 1. The Hall–Kier alpha value is -1.91. The molecule has 2 aromatic rings. The van der Waals surface area contributed by atoms with Gasteiger partial charge < -0.3 is 15.2 Å². The predicted octanol–water partition coefficient (Wildman–Crippen LogP) is 4.24. The maximum absolute atomic E-state index is 11.5. The smallest absolute Gasteiger partial charge is 0.330 e. The van der Waals surface area contributed by atoms with Crippen molar-refractivity contribution in [3.8, 4) is 5.75 Å². The molecule has 6 heteroatoms. The van der Waals surface area contributed by atoms with Gasteiger partial charge in [0.15, 0.2) is 6.04 Å². The molecule has 2 rings (SSSR count). The van der Waals surface area contributed by atoms with Gasteiger partial charge in [-0.1, -0.05) is 35.3 Å². The molecule has 0 bridgehead atoms. The van der Waals surface area contributed by atoms with Gasteiger partial charge in [0.2, 0.25) is 0 Å². The summed E-state index contributed by atoms with van der Waals surface area (Å²) in [7, 11) is 1.50. The summed E-state index contributed by atoms with van der Waals surface area (Å²) in [5.74, 6) is -0.525. The van der Waals surface area contributed by atoms with Crippen molar-refractivity contribution in [2.75, 3.05) is 12.4 Å². The van der Waals surface area contributed by atoms with Gasteiger partial charge in [-0.25, -0.2) is 4.79 Å². The zero-order valence-corrected chi connectivity index (χ0v) is 12.7. The summed E-state index contributed by atoms with van der Waals surface area (Å²) in [5.41, 5.74) is 1.13. The molecule has 0 amide bonds. The van der Waals surface area contributed by atoms with Gasteiger partial charge in [-0.3, -0.25) is 0 Å². The van der Waals surface area contributed by atoms with Crippen LogP contribution in [0.5, 0.6) is 5.75 Å². The van der Waals surface area contributed by atoms with Crippen LogP contribution in [0, 0.1) is 0 Å². The Balaban J connectivity index is 2.31. The normalized spacial score (nSPS) is 11.8. The number of carboxylic acid groups (broad SMARTS) is 1. The van der Waals surface area contributed by atoms with Gasteiger partial charge in [0.05, 0.1) is 12.1 Å². The van der Waals surface area contributed by atoms with E-state index in [0.717, 1.165) is 0 Å². The Bertz CT molecular complexity index is 661. The number of aliphatic carboxylic acids is 1. The van der Waals surface area contributed by atoms with Crippen LogP contribution in [0.3, 0.4) is 0 Å². The number of rotatable bonds is 5. The Labute approximate surface area is 132 Å². The van der Waals surface area contributed by atoms with Gasteiger partial charge in [0.25, 0.3) is 0 Å². The van der Waals surface area contributed by atoms with Crippen LogP contribution in [0.1, 0.15) is 11.6 Å². The molecule has 0 spiro atoms. The topological polar surface area (TPSA) is 58.6 Å². The molecular weight excluding hydrogens is 313 g/mol. The summed E-state index contributed by atoms with van der Waals surface area (Å²) in [6.07, 6.45) is 0. The lowest BCUT2D eigenvalue weighted by atomic mass is 10.1. The lowest BCUT2D eigenvalue weighted by Gasteiger charge is -2.17. The van der Waals surface area contributed by atoms with Crippen molar-refractivity contribution >= 4 is 34.9 Å². The number of benzene rings is 2. The van der Waals surface area contributed by atoms with Gasteiger partial charge >= 0.3 is 5.97 Å². The van der Waals surface area contributed by atoms with E-state index in [1.54, 1.807) is 42.5 Å². The van der Waals surface area contributed by atoms with Crippen molar-refractivity contribution in [3.05, 3.63) is 58.1 Å². The Morgan fingerprint density at radius 3 is 2.57 bits per heavy atom. The monoisotopic (exact) mass is 325 g/mol. The number of nitrogens with one attached hydrogen (secondary N) is 1. The molecule has 2 aromatic carbocycles. The molecule has 0 aromatic heterocycles. The molecule has 0 radical (unpaired) electrons. The lowest BCUT2D eigenvalue weighted by molar-refractivity contribution is -0.138. The molecule has 0 saturated heterocycles. The fourth-order valence-electron chi connectivity index (χ4n) is 1.89. The van der Waals surface area contributed by atoms with E-state index in [4.69, 9.17) is 27.9 Å². The number of anilines is 1. The fraction of sp³-hybridized carbons (Fsp3) is 0.133. The van der Waals surface area contributed by atoms with Crippen LogP contribution in [-0.2, 0) is 4.79 Å². The van der Waals surface area contributed by atoms with Crippen molar-refractivity contribution < 1.29 is 14.6 Å². The first-order valence-corrected chi connectivity index (χ1v) is 6.85. The van der Waals surface area contributed by atoms with E-state index in [2.05, 4.69) is 5.32 Å². The van der Waals surface area contributed by atoms with Gasteiger partial charge in [0.1, 0.15) is 5.75 Å². The molecule has 0 aliphatic rings. The lowest BCUT2D eigenvalue weighted by Crippen LogP contribution is -2.20. The number of hydrogen-bond donors (Lipinski definition) is 2. The van der Waals surface area contributed by atoms with Crippen LogP contribution in [0.2, 0.25) is 10.0 Å². The van der Waals surface area contributed by atoms with Crippen molar-refractivity contribution in [1.82, 2.24) is 0 Å². The van der Waals surface area contributed by atoms with Crippen molar-refractivity contribution in [2.24, 2.45) is 0 Å². The average molecular weight is 326 g/mol. The second kappa shape index (κ2) is 6.70. The zero-order chi connectivity index (χ0) is 15.4. The van der Waals surface area contributed by atoms with Gasteiger partial charge in [-0.05, 0) is 35.9 Å². The first-order valence-electron chi connectivity index (χ1n) is 6.09. The largest absolute Gasteiger partial charge is 0.495 e. The standard InChI is InChI=1S/C15H13Cl2NO3/c1-21-13-6-5-9(7-12(13)17)14(15(19)20)18-11-4-2-3-10(16)8-11/h2-8,14,18H,1H3,(H,19,20). The molecule has 0 aliphatic heterocycles. The Morgan fingerprint density at radius 1 is 1.24 bits per heavy atom. The van der Waals surface area contributed by atoms with Gasteiger partial charge in [-0.15, -0.1) is 0 Å². The van der Waals surface area contributed by atoms with Crippen LogP contribution in [0.15, 0.2) is 42.5 Å². The van der Waals surface area contributed by atoms with Crippen LogP contribution < -0.4 is 10.1 Å². The second-order valence-electron chi connectivity index (χ2n) is 4.32. The molecule has 1 atom stereocenters. The summed E-state index contributed by atoms with van der Waals surface area (Å²) in [5, 5.41) is 13.2. The SMILES string of the molecule is COc1ccc(C(Nc2cccc(Cl)c2)C(=O)O)cc1Cl. The van der Waals surface area contributed by atoms with Crippen LogP contribution in [-0.4, -0.2) is 18.2 Å². The average Bonchev–Trinajstić information content (AvgIpc) is 2.44. The highest BCUT2D eigenvalue weighted by Crippen LogP contribution is 2.29. The molecule has 1 unspecified atom stereocenters. The molecule has 21 heavy (non-hydrogen) atoms. The van der Waals surface area contributed by atoms with E-state index in [-0.39, 0.29) is 0 Å². The van der Waals surface area contributed by atoms with E-state index >= 15 is 0 Å². The summed E-state index contributed by atoms with van der Waals surface area (Å²) < 4.78 is 5.06. The summed E-state index contributed by atoms with van der Waals surface area (Å²) in [4.78, 5) is 11.5. The molecule has 110 valence electrons. The van der Waals surface area contributed by atoms with Crippen LogP contribution in [0.4, 0.5) is 5.69 Å². The Kier molecular flexibility index (Phi) is 4.94. The highest BCUT2D eigenvalue weighted by molar-refractivity contribution is 6.32. The highest BCUT2D eigenvalue weighted by atomic mass is 35.5. The summed E-state index contributed by atoms with van der Waals surface area (Å²) in [6.45, 7) is 0. The molecule has 0 heterocycles. The zero-order valence-electron chi connectivity index (χ0n) is 11.1. The van der Waals surface area contributed by atoms with Crippen molar-refractivity contribution in [2.45, 2.75) is 6.04 Å². The first-order chi connectivity index (χ1) is 10.0. The van der Waals surface area contributed by atoms with E-state index < -0.39 is 12.0 Å². The molecular formula is C15H13Cl2NO3. The minimum atomic E-state index is -1.02. The molecule has 0 fully saturated rings. The number of ether oxygens (including phenoxy) is 1. The molecule has 0 saturated carbocycles. The number of hydrogen-bond acceptors (Lipinski definition) is 3. The number of halogens is 2. The van der Waals surface area contributed by atoms with E-state index in [9.17, 15) is 9.90 Å². The van der Waals surface area contributed by atoms with Crippen LogP contribution in [0.25, 0.3) is 0 Å². The first kappa shape index (κ1) is 15.5. The third kappa shape index (κ3) is 3.80. The van der Waals surface area contributed by atoms with E-state index in [1.807, 2.05) is 0 Å². The highest BCUT2D eigenvalue weighted by Gasteiger charge is 2.20. The summed E-state index contributed by atoms with van der Waals surface area (Å²) >= 11 is 11.9. The van der Waals surface area contributed by atoms with E-state index in [1.165, 1.54) is 7.11 Å². The number of carbonyl (C=O) groups is 1. The second-order valence-corrected chi connectivity index (χ2v) is 5.16. The Morgan fingerprint density at radius 2 is 2.00 bits per heavy atom. The minimum absolute atomic E-state index is 0.356. The molecule has 0 aliphatic carbocycles. The quantitative estimate of drug-likeness (QED) is 0.863. The third-order valence-electron chi connectivity index (χ3n) is 2.89.